The number of aryl methyl sites for hydroxylation is 1. The molecule has 1 aromatic heterocycles. The molecule has 5 heteroatoms. The van der Waals surface area contributed by atoms with Crippen LogP contribution in [0.4, 0.5) is 0 Å². The van der Waals surface area contributed by atoms with Gasteiger partial charge in [-0.3, -0.25) is 4.79 Å². The number of nitrogens with zero attached hydrogens (tertiary/aromatic N) is 2. The monoisotopic (exact) mass is 292 g/mol. The van der Waals surface area contributed by atoms with Gasteiger partial charge >= 0.3 is 0 Å². The predicted molar refractivity (Wildman–Crippen MR) is 83.7 cm³/mol. The highest BCUT2D eigenvalue weighted by Gasteiger charge is 2.08. The first-order valence-corrected chi connectivity index (χ1v) is 7.65. The molecule has 0 saturated carbocycles. The second-order valence-corrected chi connectivity index (χ2v) is 7.14. The van der Waals surface area contributed by atoms with Gasteiger partial charge in [0.2, 0.25) is 6.41 Å². The van der Waals surface area contributed by atoms with Crippen molar-refractivity contribution >= 4 is 28.0 Å². The van der Waals surface area contributed by atoms with Crippen molar-refractivity contribution in [3.8, 4) is 0 Å². The Kier molecular flexibility index (Phi) is 4.73. The number of amides is 1. The normalized spacial score (nSPS) is 11.8. The molecule has 1 amide bonds. The van der Waals surface area contributed by atoms with E-state index in [2.05, 4.69) is 49.6 Å². The number of fused-ring (bicyclic) bond motifs is 1. The SMILES string of the molecule is C[N+](C)(C)CCCc1ccc2sc(CNC=O)nc2c1. The summed E-state index contributed by atoms with van der Waals surface area (Å²) in [5.41, 5.74) is 2.38. The van der Waals surface area contributed by atoms with E-state index in [9.17, 15) is 4.79 Å². The van der Waals surface area contributed by atoms with E-state index >= 15 is 0 Å². The Morgan fingerprint density at radius 3 is 2.85 bits per heavy atom. The summed E-state index contributed by atoms with van der Waals surface area (Å²) in [6.45, 7) is 1.68. The number of aromatic nitrogens is 1. The van der Waals surface area contributed by atoms with E-state index in [-0.39, 0.29) is 0 Å². The summed E-state index contributed by atoms with van der Waals surface area (Å²) in [5, 5.41) is 3.61. The fraction of sp³-hybridized carbons (Fsp3) is 0.467. The molecule has 2 aromatic rings. The van der Waals surface area contributed by atoms with Crippen LogP contribution in [0.1, 0.15) is 17.0 Å². The molecule has 0 unspecified atom stereocenters. The number of hydrogen-bond acceptors (Lipinski definition) is 3. The standard InChI is InChI=1S/C15H21N3OS/c1-18(2,3)8-4-5-12-6-7-14-13(9-12)17-15(20-14)10-16-11-19/h6-7,9,11H,4-5,8,10H2,1-3H3/p+1. The van der Waals surface area contributed by atoms with Gasteiger partial charge in [0.15, 0.2) is 0 Å². The Balaban J connectivity index is 2.03. The number of nitrogens with one attached hydrogen (secondary N) is 1. The maximum atomic E-state index is 10.3. The predicted octanol–water partition coefficient (Wildman–Crippen LogP) is 2.18. The average molecular weight is 292 g/mol. The molecule has 1 aromatic carbocycles. The highest BCUT2D eigenvalue weighted by molar-refractivity contribution is 7.18. The third kappa shape index (κ3) is 4.28. The Labute approximate surface area is 124 Å². The van der Waals surface area contributed by atoms with Crippen LogP contribution in [-0.4, -0.2) is 43.6 Å². The quantitative estimate of drug-likeness (QED) is 0.628. The highest BCUT2D eigenvalue weighted by Crippen LogP contribution is 2.23. The zero-order valence-electron chi connectivity index (χ0n) is 12.3. The van der Waals surface area contributed by atoms with Crippen molar-refractivity contribution in [1.29, 1.82) is 0 Å². The first-order chi connectivity index (χ1) is 9.48. The Hall–Kier alpha value is -1.46. The van der Waals surface area contributed by atoms with Crippen LogP contribution in [0.15, 0.2) is 18.2 Å². The van der Waals surface area contributed by atoms with Gasteiger partial charge in [-0.15, -0.1) is 11.3 Å². The highest BCUT2D eigenvalue weighted by atomic mass is 32.1. The summed E-state index contributed by atoms with van der Waals surface area (Å²) in [6, 6.07) is 6.50. The van der Waals surface area contributed by atoms with E-state index in [1.807, 2.05) is 0 Å². The second kappa shape index (κ2) is 6.33. The number of quaternary nitrogens is 1. The summed E-state index contributed by atoms with van der Waals surface area (Å²) in [4.78, 5) is 14.9. The van der Waals surface area contributed by atoms with Crippen LogP contribution in [0.2, 0.25) is 0 Å². The smallest absolute Gasteiger partial charge is 0.207 e. The van der Waals surface area contributed by atoms with Crippen molar-refractivity contribution in [2.75, 3.05) is 27.7 Å². The van der Waals surface area contributed by atoms with Crippen molar-refractivity contribution in [1.82, 2.24) is 10.3 Å². The molecule has 0 fully saturated rings. The molecule has 1 N–H and O–H groups in total. The first kappa shape index (κ1) is 14.9. The minimum absolute atomic E-state index is 0.514. The van der Waals surface area contributed by atoms with Crippen molar-refractivity contribution in [2.24, 2.45) is 0 Å². The molecule has 0 atom stereocenters. The summed E-state index contributed by atoms with van der Waals surface area (Å²) >= 11 is 1.64. The van der Waals surface area contributed by atoms with Gasteiger partial charge in [0.25, 0.3) is 0 Å². The first-order valence-electron chi connectivity index (χ1n) is 6.84. The lowest BCUT2D eigenvalue weighted by Gasteiger charge is -2.23. The largest absolute Gasteiger partial charge is 0.352 e. The molecule has 0 aliphatic heterocycles. The van der Waals surface area contributed by atoms with Crippen LogP contribution < -0.4 is 5.32 Å². The average Bonchev–Trinajstić information content (AvgIpc) is 2.76. The van der Waals surface area contributed by atoms with Crippen LogP contribution in [0, 0.1) is 0 Å². The van der Waals surface area contributed by atoms with Gasteiger partial charge in [0.1, 0.15) is 5.01 Å². The molecule has 1 heterocycles. The van der Waals surface area contributed by atoms with Gasteiger partial charge in [-0.2, -0.15) is 0 Å². The van der Waals surface area contributed by atoms with E-state index in [4.69, 9.17) is 0 Å². The molecule has 4 nitrogen and oxygen atoms in total. The molecule has 2 rings (SSSR count). The van der Waals surface area contributed by atoms with Crippen LogP contribution in [0.3, 0.4) is 0 Å². The zero-order valence-corrected chi connectivity index (χ0v) is 13.2. The van der Waals surface area contributed by atoms with E-state index in [1.54, 1.807) is 11.3 Å². The molecule has 108 valence electrons. The lowest BCUT2D eigenvalue weighted by atomic mass is 10.1. The van der Waals surface area contributed by atoms with E-state index < -0.39 is 0 Å². The molecular formula is C15H22N3OS+. The number of carbonyl (C=O) groups is 1. The molecule has 0 aliphatic rings. The number of thiazole rings is 1. The third-order valence-corrected chi connectivity index (χ3v) is 4.16. The van der Waals surface area contributed by atoms with Crippen molar-refractivity contribution in [2.45, 2.75) is 19.4 Å². The Morgan fingerprint density at radius 2 is 2.15 bits per heavy atom. The molecule has 0 saturated heterocycles. The second-order valence-electron chi connectivity index (χ2n) is 6.03. The van der Waals surface area contributed by atoms with Crippen molar-refractivity contribution in [3.63, 3.8) is 0 Å². The van der Waals surface area contributed by atoms with Gasteiger partial charge < -0.3 is 9.80 Å². The fourth-order valence-electron chi connectivity index (χ4n) is 2.14. The number of hydrogen-bond donors (Lipinski definition) is 1. The Morgan fingerprint density at radius 1 is 1.35 bits per heavy atom. The topological polar surface area (TPSA) is 42.0 Å². The van der Waals surface area contributed by atoms with Gasteiger partial charge in [-0.1, -0.05) is 6.07 Å². The fourth-order valence-corrected chi connectivity index (χ4v) is 3.04. The number of rotatable bonds is 7. The summed E-state index contributed by atoms with van der Waals surface area (Å²) in [6.07, 6.45) is 2.98. The molecule has 0 bridgehead atoms. The van der Waals surface area contributed by atoms with Gasteiger partial charge in [0.05, 0.1) is 44.4 Å². The van der Waals surface area contributed by atoms with Crippen LogP contribution in [0.5, 0.6) is 0 Å². The third-order valence-electron chi connectivity index (χ3n) is 3.13. The number of carbonyl (C=O) groups excluding carboxylic acids is 1. The summed E-state index contributed by atoms with van der Waals surface area (Å²) in [7, 11) is 6.65. The lowest BCUT2D eigenvalue weighted by molar-refractivity contribution is -0.870. The van der Waals surface area contributed by atoms with Crippen LogP contribution >= 0.6 is 11.3 Å². The van der Waals surface area contributed by atoms with E-state index in [0.717, 1.165) is 21.4 Å². The summed E-state index contributed by atoms with van der Waals surface area (Å²) in [5.74, 6) is 0. The maximum Gasteiger partial charge on any atom is 0.207 e. The molecule has 0 spiro atoms. The number of benzene rings is 1. The maximum absolute atomic E-state index is 10.3. The van der Waals surface area contributed by atoms with E-state index in [1.165, 1.54) is 23.2 Å². The molecular weight excluding hydrogens is 270 g/mol. The van der Waals surface area contributed by atoms with Crippen LogP contribution in [0.25, 0.3) is 10.2 Å². The zero-order chi connectivity index (χ0) is 14.6. The lowest BCUT2D eigenvalue weighted by Crippen LogP contribution is -2.35. The Bertz CT molecular complexity index is 586. The van der Waals surface area contributed by atoms with Gasteiger partial charge in [-0.25, -0.2) is 4.98 Å². The van der Waals surface area contributed by atoms with Gasteiger partial charge in [0, 0.05) is 6.42 Å². The van der Waals surface area contributed by atoms with Gasteiger partial charge in [-0.05, 0) is 24.1 Å². The van der Waals surface area contributed by atoms with Crippen molar-refractivity contribution < 1.29 is 9.28 Å². The molecule has 0 radical (unpaired) electrons. The minimum Gasteiger partial charge on any atom is -0.352 e. The van der Waals surface area contributed by atoms with E-state index in [0.29, 0.717) is 13.0 Å². The summed E-state index contributed by atoms with van der Waals surface area (Å²) < 4.78 is 2.18. The molecule has 0 aliphatic carbocycles. The minimum atomic E-state index is 0.514. The molecule has 20 heavy (non-hydrogen) atoms. The van der Waals surface area contributed by atoms with Crippen LogP contribution in [-0.2, 0) is 17.8 Å². The van der Waals surface area contributed by atoms with Crippen molar-refractivity contribution in [3.05, 3.63) is 28.8 Å².